The molecule has 5 N–H and O–H groups in total. The summed E-state index contributed by atoms with van der Waals surface area (Å²) in [7, 11) is 0. The molecule has 132 valence electrons. The molecule has 0 unspecified atom stereocenters. The van der Waals surface area contributed by atoms with Crippen LogP contribution in [0.4, 0.5) is 0 Å². The molecule has 8 nitrogen and oxygen atoms in total. The zero-order valence-electron chi connectivity index (χ0n) is 14.0. The van der Waals surface area contributed by atoms with E-state index < -0.39 is 11.9 Å². The minimum Gasteiger partial charge on any atom is -0.368 e. The van der Waals surface area contributed by atoms with Crippen molar-refractivity contribution in [3.63, 3.8) is 0 Å². The molecule has 1 heterocycles. The molecule has 1 aromatic heterocycles. The van der Waals surface area contributed by atoms with Crippen molar-refractivity contribution in [3.05, 3.63) is 18.0 Å². The lowest BCUT2D eigenvalue weighted by Gasteiger charge is -2.29. The van der Waals surface area contributed by atoms with Gasteiger partial charge in [-0.15, -0.1) is 0 Å². The fourth-order valence-corrected chi connectivity index (χ4v) is 2.98. The Morgan fingerprint density at radius 2 is 1.92 bits per heavy atom. The second-order valence-electron chi connectivity index (χ2n) is 6.64. The Morgan fingerprint density at radius 3 is 2.42 bits per heavy atom. The van der Waals surface area contributed by atoms with Gasteiger partial charge in [-0.05, 0) is 31.6 Å². The minimum absolute atomic E-state index is 0.0444. The summed E-state index contributed by atoms with van der Waals surface area (Å²) in [6, 6.07) is -0.593. The molecule has 0 radical (unpaired) electrons. The summed E-state index contributed by atoms with van der Waals surface area (Å²) in [5, 5.41) is 12.1. The zero-order chi connectivity index (χ0) is 17.7. The second kappa shape index (κ2) is 7.94. The lowest BCUT2D eigenvalue weighted by atomic mass is 9.85. The van der Waals surface area contributed by atoms with Gasteiger partial charge in [-0.3, -0.25) is 19.5 Å². The van der Waals surface area contributed by atoms with Crippen molar-refractivity contribution in [2.45, 2.75) is 51.6 Å². The van der Waals surface area contributed by atoms with Gasteiger partial charge >= 0.3 is 0 Å². The first kappa shape index (κ1) is 18.0. The third-order valence-corrected chi connectivity index (χ3v) is 4.46. The van der Waals surface area contributed by atoms with Gasteiger partial charge < -0.3 is 16.4 Å². The van der Waals surface area contributed by atoms with Crippen LogP contribution in [0.15, 0.2) is 12.4 Å². The number of primary amides is 1. The Morgan fingerprint density at radius 1 is 1.25 bits per heavy atom. The van der Waals surface area contributed by atoms with Crippen LogP contribution in [0.3, 0.4) is 0 Å². The smallest absolute Gasteiger partial charge is 0.254 e. The molecule has 0 aliphatic heterocycles. The van der Waals surface area contributed by atoms with Crippen molar-refractivity contribution < 1.29 is 14.4 Å². The predicted molar refractivity (Wildman–Crippen MR) is 87.8 cm³/mol. The number of nitrogens with zero attached hydrogens (tertiary/aromatic N) is 1. The van der Waals surface area contributed by atoms with Gasteiger partial charge in [-0.2, -0.15) is 5.10 Å². The Labute approximate surface area is 140 Å². The van der Waals surface area contributed by atoms with Crippen molar-refractivity contribution in [2.75, 3.05) is 0 Å². The van der Waals surface area contributed by atoms with E-state index in [2.05, 4.69) is 20.8 Å². The SMILES string of the molecule is CC(C)[C@H](NC(=O)C1CCC(NC(=O)c2cn[nH]c2)CC1)C(N)=O. The standard InChI is InChI=1S/C16H25N5O3/c1-9(2)13(14(17)22)21-15(23)10-3-5-12(6-4-10)20-16(24)11-7-18-19-8-11/h7-10,12-13H,3-6H2,1-2H3,(H2,17,22)(H,18,19)(H,20,24)(H,21,23)/t10?,12?,13-/m0/s1. The summed E-state index contributed by atoms with van der Waals surface area (Å²) in [5.74, 6) is -0.999. The number of aromatic amines is 1. The van der Waals surface area contributed by atoms with E-state index in [1.165, 1.54) is 6.20 Å². The number of H-pyrrole nitrogens is 1. The first-order valence-electron chi connectivity index (χ1n) is 8.27. The van der Waals surface area contributed by atoms with Crippen LogP contribution in [0.2, 0.25) is 0 Å². The van der Waals surface area contributed by atoms with Crippen LogP contribution in [-0.4, -0.2) is 40.0 Å². The van der Waals surface area contributed by atoms with E-state index in [4.69, 9.17) is 5.73 Å². The summed E-state index contributed by atoms with van der Waals surface area (Å²) in [6.07, 6.45) is 5.82. The van der Waals surface area contributed by atoms with E-state index in [1.807, 2.05) is 13.8 Å². The van der Waals surface area contributed by atoms with Gasteiger partial charge in [0.1, 0.15) is 6.04 Å². The summed E-state index contributed by atoms with van der Waals surface area (Å²) in [5.41, 5.74) is 5.83. The average molecular weight is 335 g/mol. The number of hydrogen-bond acceptors (Lipinski definition) is 4. The number of amides is 3. The van der Waals surface area contributed by atoms with Gasteiger partial charge in [0.2, 0.25) is 11.8 Å². The van der Waals surface area contributed by atoms with E-state index in [0.29, 0.717) is 18.4 Å². The topological polar surface area (TPSA) is 130 Å². The molecule has 24 heavy (non-hydrogen) atoms. The summed E-state index contributed by atoms with van der Waals surface area (Å²) < 4.78 is 0. The lowest BCUT2D eigenvalue weighted by molar-refractivity contribution is -0.131. The highest BCUT2D eigenvalue weighted by Gasteiger charge is 2.30. The minimum atomic E-state index is -0.643. The molecule has 8 heteroatoms. The zero-order valence-corrected chi connectivity index (χ0v) is 14.0. The average Bonchev–Trinajstić information content (AvgIpc) is 3.07. The van der Waals surface area contributed by atoms with Gasteiger partial charge in [0, 0.05) is 18.2 Å². The molecule has 2 rings (SSSR count). The van der Waals surface area contributed by atoms with Crippen LogP contribution in [-0.2, 0) is 9.59 Å². The highest BCUT2D eigenvalue weighted by molar-refractivity contribution is 5.93. The molecule has 3 amide bonds. The van der Waals surface area contributed by atoms with Crippen LogP contribution in [0.5, 0.6) is 0 Å². The fraction of sp³-hybridized carbons (Fsp3) is 0.625. The Hall–Kier alpha value is -2.38. The van der Waals surface area contributed by atoms with Crippen LogP contribution in [0.25, 0.3) is 0 Å². The molecule has 0 spiro atoms. The quantitative estimate of drug-likeness (QED) is 0.596. The van der Waals surface area contributed by atoms with Crippen LogP contribution < -0.4 is 16.4 Å². The number of rotatable bonds is 6. The Bertz CT molecular complexity index is 577. The normalized spacial score (nSPS) is 22.0. The van der Waals surface area contributed by atoms with E-state index >= 15 is 0 Å². The summed E-state index contributed by atoms with van der Waals surface area (Å²) in [4.78, 5) is 35.7. The molecule has 1 aromatic rings. The van der Waals surface area contributed by atoms with Crippen LogP contribution in [0, 0.1) is 11.8 Å². The van der Waals surface area contributed by atoms with E-state index in [-0.39, 0.29) is 29.7 Å². The highest BCUT2D eigenvalue weighted by atomic mass is 16.2. The van der Waals surface area contributed by atoms with E-state index in [0.717, 1.165) is 12.8 Å². The highest BCUT2D eigenvalue weighted by Crippen LogP contribution is 2.25. The van der Waals surface area contributed by atoms with E-state index in [1.54, 1.807) is 6.20 Å². The van der Waals surface area contributed by atoms with Gasteiger partial charge in [0.25, 0.3) is 5.91 Å². The number of carbonyl (C=O) groups excluding carboxylic acids is 3. The third-order valence-electron chi connectivity index (χ3n) is 4.46. The molecule has 1 saturated carbocycles. The van der Waals surface area contributed by atoms with Gasteiger partial charge in [-0.1, -0.05) is 13.8 Å². The molecule has 1 atom stereocenters. The van der Waals surface area contributed by atoms with Gasteiger partial charge in [0.15, 0.2) is 0 Å². The van der Waals surface area contributed by atoms with Crippen molar-refractivity contribution in [2.24, 2.45) is 17.6 Å². The first-order chi connectivity index (χ1) is 11.4. The van der Waals surface area contributed by atoms with E-state index in [9.17, 15) is 14.4 Å². The summed E-state index contributed by atoms with van der Waals surface area (Å²) >= 11 is 0. The number of nitrogens with two attached hydrogens (primary N) is 1. The molecule has 1 fully saturated rings. The number of hydrogen-bond donors (Lipinski definition) is 4. The monoisotopic (exact) mass is 335 g/mol. The molecule has 0 bridgehead atoms. The predicted octanol–water partition coefficient (Wildman–Crippen LogP) is 0.324. The Kier molecular flexibility index (Phi) is 5.94. The molecule has 0 aromatic carbocycles. The molecule has 1 aliphatic carbocycles. The van der Waals surface area contributed by atoms with Gasteiger partial charge in [0.05, 0.1) is 11.8 Å². The second-order valence-corrected chi connectivity index (χ2v) is 6.64. The lowest BCUT2D eigenvalue weighted by Crippen LogP contribution is -2.50. The third kappa shape index (κ3) is 4.56. The number of nitrogens with one attached hydrogen (secondary N) is 3. The maximum absolute atomic E-state index is 12.3. The van der Waals surface area contributed by atoms with Crippen LogP contribution >= 0.6 is 0 Å². The first-order valence-corrected chi connectivity index (χ1v) is 8.27. The van der Waals surface area contributed by atoms with Crippen LogP contribution in [0.1, 0.15) is 49.9 Å². The fourth-order valence-electron chi connectivity index (χ4n) is 2.98. The number of carbonyl (C=O) groups is 3. The molecular formula is C16H25N5O3. The van der Waals surface area contributed by atoms with Crippen molar-refractivity contribution in [1.29, 1.82) is 0 Å². The Balaban J connectivity index is 1.80. The summed E-state index contributed by atoms with van der Waals surface area (Å²) in [6.45, 7) is 3.69. The maximum Gasteiger partial charge on any atom is 0.254 e. The van der Waals surface area contributed by atoms with Crippen molar-refractivity contribution in [1.82, 2.24) is 20.8 Å². The number of aromatic nitrogens is 2. The van der Waals surface area contributed by atoms with Gasteiger partial charge in [-0.25, -0.2) is 0 Å². The molecular weight excluding hydrogens is 310 g/mol. The maximum atomic E-state index is 12.3. The van der Waals surface area contributed by atoms with Crippen molar-refractivity contribution in [3.8, 4) is 0 Å². The largest absolute Gasteiger partial charge is 0.368 e. The van der Waals surface area contributed by atoms with Crippen molar-refractivity contribution >= 4 is 17.7 Å². The molecule has 0 saturated heterocycles. The molecule has 1 aliphatic rings.